The summed E-state index contributed by atoms with van der Waals surface area (Å²) in [5.74, 6) is -0.457. The van der Waals surface area contributed by atoms with Crippen LogP contribution in [-0.2, 0) is 4.74 Å². The molecule has 1 aromatic heterocycles. The minimum absolute atomic E-state index is 0.0362. The average molecular weight is 386 g/mol. The van der Waals surface area contributed by atoms with E-state index in [0.717, 1.165) is 0 Å². The lowest BCUT2D eigenvalue weighted by atomic mass is 10.0. The van der Waals surface area contributed by atoms with Crippen molar-refractivity contribution in [3.8, 4) is 0 Å². The number of carbonyl (C=O) groups excluding carboxylic acids is 1. The Morgan fingerprint density at radius 1 is 1.56 bits per heavy atom. The summed E-state index contributed by atoms with van der Waals surface area (Å²) < 4.78 is 5.94. The average Bonchev–Trinajstić information content (AvgIpc) is 3.05. The number of thiazole rings is 1. The number of carbonyl (C=O) groups is 2. The highest BCUT2D eigenvalue weighted by atomic mass is 32.2. The van der Waals surface area contributed by atoms with Crippen LogP contribution in [0.4, 0.5) is 4.79 Å². The topological polar surface area (TPSA) is 100.0 Å². The molecule has 2 heterocycles. The van der Waals surface area contributed by atoms with Gasteiger partial charge in [-0.1, -0.05) is 23.9 Å². The molecule has 1 amide bonds. The molecular weight excluding hydrogens is 364 g/mol. The maximum atomic E-state index is 12.0. The van der Waals surface area contributed by atoms with Crippen molar-refractivity contribution in [3.05, 3.63) is 23.2 Å². The number of carboxylic acids is 1. The van der Waals surface area contributed by atoms with E-state index < -0.39 is 11.6 Å². The molecule has 1 saturated heterocycles. The molecule has 0 spiro atoms. The smallest absolute Gasteiger partial charge is 0.410 e. The molecule has 25 heavy (non-hydrogen) atoms. The molecule has 1 aliphatic heterocycles. The number of ether oxygens (including phenoxy) is 1. The molecule has 2 rings (SSSR count). The highest BCUT2D eigenvalue weighted by Crippen LogP contribution is 2.26. The van der Waals surface area contributed by atoms with E-state index in [1.165, 1.54) is 28.5 Å². The van der Waals surface area contributed by atoms with E-state index in [4.69, 9.17) is 9.84 Å². The predicted molar refractivity (Wildman–Crippen MR) is 96.3 cm³/mol. The summed E-state index contributed by atoms with van der Waals surface area (Å²) in [6.45, 7) is 5.76. The van der Waals surface area contributed by atoms with Crippen molar-refractivity contribution in [1.82, 2.24) is 9.88 Å². The molecule has 9 heteroatoms. The summed E-state index contributed by atoms with van der Waals surface area (Å²) in [5, 5.41) is 20.1. The summed E-state index contributed by atoms with van der Waals surface area (Å²) in [4.78, 5) is 28.5. The van der Waals surface area contributed by atoms with Gasteiger partial charge in [-0.25, -0.2) is 14.6 Å². The predicted octanol–water partition coefficient (Wildman–Crippen LogP) is 2.86. The van der Waals surface area contributed by atoms with E-state index >= 15 is 0 Å². The third kappa shape index (κ3) is 5.72. The van der Waals surface area contributed by atoms with Gasteiger partial charge in [-0.2, -0.15) is 0 Å². The van der Waals surface area contributed by atoms with Gasteiger partial charge in [0.05, 0.1) is 11.6 Å². The zero-order valence-corrected chi connectivity index (χ0v) is 16.0. The van der Waals surface area contributed by atoms with E-state index in [1.54, 1.807) is 18.7 Å². The van der Waals surface area contributed by atoms with Crippen LogP contribution < -0.4 is 0 Å². The summed E-state index contributed by atoms with van der Waals surface area (Å²) in [5.41, 5.74) is -0.759. The largest absolute Gasteiger partial charge is 0.476 e. The van der Waals surface area contributed by atoms with Crippen molar-refractivity contribution in [3.63, 3.8) is 0 Å². The van der Waals surface area contributed by atoms with Crippen molar-refractivity contribution >= 4 is 35.2 Å². The summed E-state index contributed by atoms with van der Waals surface area (Å²) >= 11 is 2.68. The molecule has 0 aromatic carbocycles. The van der Waals surface area contributed by atoms with E-state index in [2.05, 4.69) is 4.98 Å². The molecule has 0 aliphatic carbocycles. The standard InChI is InChI=1S/C16H22N2O5S2/c1-10-12(5-4-6-16(2,3)22)18(15(21)23-10)7-8-24-14-17-11(9-25-14)13(19)20/h4-5,9-10,12,22H,6-8H2,1-3H3,(H,19,20)/b5-4+/t10-,12-/m0/s1. The molecule has 1 aliphatic rings. The number of thioether (sulfide) groups is 1. The number of hydrogen-bond acceptors (Lipinski definition) is 7. The van der Waals surface area contributed by atoms with Gasteiger partial charge in [0, 0.05) is 17.7 Å². The Labute approximate surface area is 154 Å². The number of carboxylic acid groups (broad SMARTS) is 1. The lowest BCUT2D eigenvalue weighted by Crippen LogP contribution is -2.36. The third-order valence-corrected chi connectivity index (χ3v) is 5.57. The number of aromatic nitrogens is 1. The summed E-state index contributed by atoms with van der Waals surface area (Å²) in [6.07, 6.45) is 3.63. The Hall–Kier alpha value is -1.58. The second kappa shape index (κ2) is 8.20. The number of hydrogen-bond donors (Lipinski definition) is 2. The van der Waals surface area contributed by atoms with Crippen LogP contribution >= 0.6 is 23.1 Å². The van der Waals surface area contributed by atoms with Crippen LogP contribution in [0.25, 0.3) is 0 Å². The van der Waals surface area contributed by atoms with Crippen molar-refractivity contribution in [2.75, 3.05) is 12.3 Å². The van der Waals surface area contributed by atoms with Gasteiger partial charge in [0.15, 0.2) is 10.0 Å². The fraction of sp³-hybridized carbons (Fsp3) is 0.562. The van der Waals surface area contributed by atoms with Gasteiger partial charge in [0.1, 0.15) is 6.10 Å². The van der Waals surface area contributed by atoms with Gasteiger partial charge in [-0.15, -0.1) is 11.3 Å². The first-order valence-corrected chi connectivity index (χ1v) is 9.72. The highest BCUT2D eigenvalue weighted by Gasteiger charge is 2.37. The quantitative estimate of drug-likeness (QED) is 0.523. The molecular formula is C16H22N2O5S2. The molecule has 2 atom stereocenters. The second-order valence-corrected chi connectivity index (χ2v) is 8.57. The minimum Gasteiger partial charge on any atom is -0.476 e. The summed E-state index contributed by atoms with van der Waals surface area (Å²) in [7, 11) is 0. The fourth-order valence-electron chi connectivity index (χ4n) is 2.32. The Morgan fingerprint density at radius 3 is 2.88 bits per heavy atom. The first-order valence-electron chi connectivity index (χ1n) is 7.85. The first-order chi connectivity index (χ1) is 11.7. The molecule has 7 nitrogen and oxygen atoms in total. The minimum atomic E-state index is -1.04. The molecule has 0 bridgehead atoms. The molecule has 0 saturated carbocycles. The maximum absolute atomic E-state index is 12.0. The Bertz CT molecular complexity index is 653. The Balaban J connectivity index is 1.91. The van der Waals surface area contributed by atoms with E-state index in [9.17, 15) is 14.7 Å². The van der Waals surface area contributed by atoms with Gasteiger partial charge in [0.2, 0.25) is 0 Å². The van der Waals surface area contributed by atoms with Crippen LogP contribution in [0.15, 0.2) is 21.9 Å². The first kappa shape index (κ1) is 19.7. The number of aromatic carboxylic acids is 1. The molecule has 138 valence electrons. The Morgan fingerprint density at radius 2 is 2.28 bits per heavy atom. The van der Waals surface area contributed by atoms with Gasteiger partial charge >= 0.3 is 12.1 Å². The van der Waals surface area contributed by atoms with Crippen LogP contribution in [0.2, 0.25) is 0 Å². The lowest BCUT2D eigenvalue weighted by molar-refractivity contribution is 0.0690. The summed E-state index contributed by atoms with van der Waals surface area (Å²) in [6, 6.07) is -0.179. The third-order valence-electron chi connectivity index (χ3n) is 3.57. The van der Waals surface area contributed by atoms with Gasteiger partial charge in [-0.3, -0.25) is 4.90 Å². The van der Waals surface area contributed by atoms with Gasteiger partial charge in [-0.05, 0) is 27.2 Å². The Kier molecular flexibility index (Phi) is 6.47. The number of aliphatic hydroxyl groups is 1. The maximum Gasteiger partial charge on any atom is 0.410 e. The van der Waals surface area contributed by atoms with E-state index in [1.807, 2.05) is 19.1 Å². The van der Waals surface area contributed by atoms with Crippen LogP contribution in [0.5, 0.6) is 0 Å². The van der Waals surface area contributed by atoms with Crippen LogP contribution in [0, 0.1) is 0 Å². The molecule has 0 unspecified atom stereocenters. The second-order valence-electron chi connectivity index (χ2n) is 6.37. The molecule has 1 fully saturated rings. The van der Waals surface area contributed by atoms with Crippen molar-refractivity contribution in [2.24, 2.45) is 0 Å². The van der Waals surface area contributed by atoms with E-state index in [0.29, 0.717) is 23.1 Å². The SMILES string of the molecule is C[C@@H]1OC(=O)N(CCSc2nc(C(=O)O)cs2)[C@H]1/C=C/CC(C)(C)O. The van der Waals surface area contributed by atoms with Crippen molar-refractivity contribution in [1.29, 1.82) is 0 Å². The number of rotatable bonds is 8. The van der Waals surface area contributed by atoms with Crippen LogP contribution in [0.3, 0.4) is 0 Å². The zero-order valence-electron chi connectivity index (χ0n) is 14.3. The highest BCUT2D eigenvalue weighted by molar-refractivity contribution is 8.01. The van der Waals surface area contributed by atoms with Crippen LogP contribution in [0.1, 0.15) is 37.7 Å². The van der Waals surface area contributed by atoms with Gasteiger partial charge in [0.25, 0.3) is 0 Å². The van der Waals surface area contributed by atoms with Crippen molar-refractivity contribution in [2.45, 2.75) is 49.3 Å². The molecule has 1 aromatic rings. The molecule has 2 N–H and O–H groups in total. The van der Waals surface area contributed by atoms with Crippen LogP contribution in [-0.4, -0.2) is 62.2 Å². The zero-order chi connectivity index (χ0) is 18.6. The fourth-order valence-corrected chi connectivity index (χ4v) is 4.13. The lowest BCUT2D eigenvalue weighted by Gasteiger charge is -2.21. The number of nitrogens with zero attached hydrogens (tertiary/aromatic N) is 2. The van der Waals surface area contributed by atoms with Gasteiger partial charge < -0.3 is 14.9 Å². The number of cyclic esters (lactones) is 1. The normalized spacial score (nSPS) is 21.1. The van der Waals surface area contributed by atoms with Crippen molar-refractivity contribution < 1.29 is 24.5 Å². The van der Waals surface area contributed by atoms with E-state index in [-0.39, 0.29) is 23.9 Å². The molecule has 0 radical (unpaired) electrons. The number of amides is 1. The monoisotopic (exact) mass is 386 g/mol.